The zero-order valence-electron chi connectivity index (χ0n) is 50.9. The van der Waals surface area contributed by atoms with Crippen LogP contribution >= 0.6 is 0 Å². The molecule has 2 heterocycles. The van der Waals surface area contributed by atoms with Crippen molar-refractivity contribution in [2.24, 2.45) is 0 Å². The molecule has 450 valence electrons. The normalized spacial score (nSPS) is 18.2. The van der Waals surface area contributed by atoms with Gasteiger partial charge in [0.25, 0.3) is 0 Å². The van der Waals surface area contributed by atoms with Gasteiger partial charge in [0.2, 0.25) is 11.8 Å². The third-order valence-electron chi connectivity index (χ3n) is 12.6. The molecule has 2 amide bonds. The SMILES string of the molecule is CCOC(=O)c1cc(NC(=O)CN2CCN(CC)CCN(CC(=O)OC(C)(C)C)CCN(CC(=O)OC(C)(C)C)CC2)cc(NC(=O)CN2CCN(CC)CCN(CC(=O)OC(C)(C)C)CCN(CC(=O)OC(C)(C)C)CC2)c1. The zero-order chi connectivity index (χ0) is 59.1. The van der Waals surface area contributed by atoms with E-state index in [-0.39, 0.29) is 98.5 Å². The number of carbonyl (C=O) groups excluding carboxylic acids is 7. The highest BCUT2D eigenvalue weighted by Crippen LogP contribution is 2.21. The van der Waals surface area contributed by atoms with E-state index in [0.29, 0.717) is 105 Å². The van der Waals surface area contributed by atoms with Gasteiger partial charge in [-0.1, -0.05) is 13.8 Å². The van der Waals surface area contributed by atoms with Gasteiger partial charge in [0.05, 0.1) is 51.4 Å². The molecule has 2 saturated heterocycles. The van der Waals surface area contributed by atoms with Crippen molar-refractivity contribution in [2.75, 3.05) is 174 Å². The molecule has 0 saturated carbocycles. The molecule has 1 aromatic carbocycles. The molecule has 22 nitrogen and oxygen atoms in total. The van der Waals surface area contributed by atoms with Crippen LogP contribution in [0.3, 0.4) is 0 Å². The van der Waals surface area contributed by atoms with Gasteiger partial charge in [0.1, 0.15) is 22.4 Å². The number of likely N-dealkylation sites (N-methyl/N-ethyl adjacent to an activating group) is 2. The standard InChI is InChI=1S/C57H100N10O12/c1-16-60-19-23-62(27-29-66(42-51(72)78-56(10,11)12)33-31-64(25-21-60)40-49(70)76-54(4,5)6)38-47(68)58-45-35-44(53(74)75-18-3)36-46(37-45)59-48(69)39-63-24-20-61(17-2)22-26-65(41-50(71)77-55(7,8)9)32-34-67(30-28-63)43-52(73)79-57(13,14)15/h35-37H,16-34,38-43H2,1-15H3,(H,58,68)(H,59,69). The number of hydrogen-bond acceptors (Lipinski definition) is 20. The molecule has 0 aromatic heterocycles. The Morgan fingerprint density at radius 1 is 0.367 bits per heavy atom. The molecule has 1 aromatic rings. The average molecular weight is 1120 g/mol. The first-order valence-electron chi connectivity index (χ1n) is 28.4. The smallest absolute Gasteiger partial charge is 0.338 e. The number of rotatable bonds is 18. The Kier molecular flexibility index (Phi) is 28.2. The summed E-state index contributed by atoms with van der Waals surface area (Å²) in [6, 6.07) is 4.66. The summed E-state index contributed by atoms with van der Waals surface area (Å²) in [7, 11) is 0. The second-order valence-corrected chi connectivity index (χ2v) is 24.5. The highest BCUT2D eigenvalue weighted by molar-refractivity contribution is 5.99. The lowest BCUT2D eigenvalue weighted by molar-refractivity contribution is -0.158. The van der Waals surface area contributed by atoms with Crippen LogP contribution in [-0.2, 0) is 52.5 Å². The Morgan fingerprint density at radius 3 is 0.810 bits per heavy atom. The second kappa shape index (κ2) is 32.6. The van der Waals surface area contributed by atoms with Crippen molar-refractivity contribution in [1.82, 2.24) is 39.2 Å². The number of carbonyl (C=O) groups is 7. The van der Waals surface area contributed by atoms with E-state index in [1.807, 2.05) is 103 Å². The predicted octanol–water partition coefficient (Wildman–Crippen LogP) is 3.59. The van der Waals surface area contributed by atoms with E-state index in [9.17, 15) is 33.6 Å². The highest BCUT2D eigenvalue weighted by atomic mass is 16.6. The largest absolute Gasteiger partial charge is 0.462 e. The molecule has 2 fully saturated rings. The van der Waals surface area contributed by atoms with Crippen molar-refractivity contribution in [2.45, 2.75) is 126 Å². The molecule has 0 radical (unpaired) electrons. The predicted molar refractivity (Wildman–Crippen MR) is 306 cm³/mol. The number of ether oxygens (including phenoxy) is 5. The third kappa shape index (κ3) is 30.5. The van der Waals surface area contributed by atoms with Crippen LogP contribution < -0.4 is 10.6 Å². The first-order chi connectivity index (χ1) is 36.8. The first kappa shape index (κ1) is 68.5. The van der Waals surface area contributed by atoms with Crippen LogP contribution in [0, 0.1) is 0 Å². The fraction of sp³-hybridized carbons (Fsp3) is 0.772. The number of esters is 5. The maximum absolute atomic E-state index is 14.1. The fourth-order valence-corrected chi connectivity index (χ4v) is 8.88. The van der Waals surface area contributed by atoms with Crippen LogP contribution in [0.5, 0.6) is 0 Å². The Balaban J connectivity index is 1.84. The first-order valence-corrected chi connectivity index (χ1v) is 28.4. The second-order valence-electron chi connectivity index (χ2n) is 24.5. The molecule has 2 aliphatic heterocycles. The molecule has 0 aliphatic carbocycles. The fourth-order valence-electron chi connectivity index (χ4n) is 8.88. The average Bonchev–Trinajstić information content (AvgIpc) is 3.29. The molecule has 22 heteroatoms. The van der Waals surface area contributed by atoms with E-state index in [4.69, 9.17) is 23.7 Å². The lowest BCUT2D eigenvalue weighted by Crippen LogP contribution is -2.49. The summed E-state index contributed by atoms with van der Waals surface area (Å²) in [5, 5.41) is 5.94. The molecule has 0 spiro atoms. The van der Waals surface area contributed by atoms with Gasteiger partial charge in [-0.2, -0.15) is 0 Å². The molecule has 2 aliphatic rings. The lowest BCUT2D eigenvalue weighted by Gasteiger charge is -2.34. The van der Waals surface area contributed by atoms with E-state index in [1.54, 1.807) is 13.0 Å². The minimum Gasteiger partial charge on any atom is -0.462 e. The van der Waals surface area contributed by atoms with E-state index >= 15 is 0 Å². The lowest BCUT2D eigenvalue weighted by atomic mass is 10.1. The summed E-state index contributed by atoms with van der Waals surface area (Å²) >= 11 is 0. The van der Waals surface area contributed by atoms with Gasteiger partial charge in [-0.3, -0.25) is 58.2 Å². The quantitative estimate of drug-likeness (QED) is 0.159. The van der Waals surface area contributed by atoms with Gasteiger partial charge in [0.15, 0.2) is 0 Å². The van der Waals surface area contributed by atoms with E-state index in [1.165, 1.54) is 12.1 Å². The van der Waals surface area contributed by atoms with Crippen molar-refractivity contribution >= 4 is 53.0 Å². The van der Waals surface area contributed by atoms with Crippen LogP contribution in [0.4, 0.5) is 11.4 Å². The summed E-state index contributed by atoms with van der Waals surface area (Å²) < 4.78 is 28.1. The van der Waals surface area contributed by atoms with Gasteiger partial charge in [-0.05, 0) is 121 Å². The maximum Gasteiger partial charge on any atom is 0.338 e. The van der Waals surface area contributed by atoms with Crippen molar-refractivity contribution in [1.29, 1.82) is 0 Å². The van der Waals surface area contributed by atoms with Crippen LogP contribution in [0.1, 0.15) is 114 Å². The summed E-state index contributed by atoms with van der Waals surface area (Å²) in [5.74, 6) is -2.70. The number of hydrogen-bond donors (Lipinski definition) is 2. The Labute approximate surface area is 472 Å². The Bertz CT molecular complexity index is 1980. The monoisotopic (exact) mass is 1120 g/mol. The van der Waals surface area contributed by atoms with Gasteiger partial charge in [-0.15, -0.1) is 0 Å². The van der Waals surface area contributed by atoms with Gasteiger partial charge in [-0.25, -0.2) is 4.79 Å². The van der Waals surface area contributed by atoms with Crippen LogP contribution in [0.25, 0.3) is 0 Å². The van der Waals surface area contributed by atoms with E-state index in [0.717, 1.165) is 13.1 Å². The molecule has 0 unspecified atom stereocenters. The molecule has 0 atom stereocenters. The van der Waals surface area contributed by atoms with Crippen molar-refractivity contribution in [3.63, 3.8) is 0 Å². The molecular weight excluding hydrogens is 1020 g/mol. The minimum absolute atomic E-state index is 0.00954. The molecule has 3 rings (SSSR count). The number of anilines is 2. The summed E-state index contributed by atoms with van der Waals surface area (Å²) in [6.45, 7) is 38.1. The van der Waals surface area contributed by atoms with Crippen molar-refractivity contribution < 1.29 is 57.2 Å². The highest BCUT2D eigenvalue weighted by Gasteiger charge is 2.28. The van der Waals surface area contributed by atoms with Gasteiger partial charge >= 0.3 is 29.8 Å². The summed E-state index contributed by atoms with van der Waals surface area (Å²) in [6.07, 6.45) is 0. The minimum atomic E-state index is -0.679. The van der Waals surface area contributed by atoms with Crippen LogP contribution in [0.2, 0.25) is 0 Å². The van der Waals surface area contributed by atoms with Gasteiger partial charge in [0, 0.05) is 116 Å². The number of benzene rings is 1. The van der Waals surface area contributed by atoms with E-state index < -0.39 is 28.4 Å². The zero-order valence-corrected chi connectivity index (χ0v) is 50.9. The molecular formula is C57H100N10O12. The van der Waals surface area contributed by atoms with E-state index in [2.05, 4.69) is 44.1 Å². The third-order valence-corrected chi connectivity index (χ3v) is 12.6. The van der Waals surface area contributed by atoms with Crippen LogP contribution in [-0.4, -0.2) is 267 Å². The Morgan fingerprint density at radius 2 is 0.595 bits per heavy atom. The van der Waals surface area contributed by atoms with Gasteiger partial charge < -0.3 is 44.1 Å². The number of nitrogens with zero attached hydrogens (tertiary/aromatic N) is 8. The van der Waals surface area contributed by atoms with Crippen molar-refractivity contribution in [3.05, 3.63) is 23.8 Å². The Hall–Kier alpha value is -4.81. The maximum atomic E-state index is 14.1. The molecule has 0 bridgehead atoms. The summed E-state index contributed by atoms with van der Waals surface area (Å²) in [4.78, 5) is 110. The summed E-state index contributed by atoms with van der Waals surface area (Å²) in [5.41, 5.74) is -1.89. The van der Waals surface area contributed by atoms with Crippen LogP contribution in [0.15, 0.2) is 18.2 Å². The molecule has 2 N–H and O–H groups in total. The van der Waals surface area contributed by atoms with Crippen molar-refractivity contribution in [3.8, 4) is 0 Å². The molecule has 79 heavy (non-hydrogen) atoms. The topological polar surface area (TPSA) is 216 Å². The number of nitrogens with one attached hydrogen (secondary N) is 2. The number of amides is 2.